The van der Waals surface area contributed by atoms with Crippen molar-refractivity contribution in [2.75, 3.05) is 31.1 Å². The third kappa shape index (κ3) is 5.43. The number of carbonyl (C=O) groups excluding carboxylic acids is 1. The molecule has 8 heteroatoms. The highest BCUT2D eigenvalue weighted by Crippen LogP contribution is 2.28. The molecule has 0 aliphatic carbocycles. The monoisotopic (exact) mass is 441 g/mol. The summed E-state index contributed by atoms with van der Waals surface area (Å²) >= 11 is 0. The van der Waals surface area contributed by atoms with E-state index < -0.39 is 10.0 Å². The van der Waals surface area contributed by atoms with Crippen LogP contribution in [-0.2, 0) is 14.8 Å². The first-order valence-corrected chi connectivity index (χ1v) is 11.9. The fraction of sp³-hybridized carbons (Fsp3) is 0.391. The van der Waals surface area contributed by atoms with Gasteiger partial charge in [0.15, 0.2) is 0 Å². The molecule has 0 bridgehead atoms. The van der Waals surface area contributed by atoms with E-state index >= 15 is 0 Å². The first kappa shape index (κ1) is 22.8. The summed E-state index contributed by atoms with van der Waals surface area (Å²) in [5, 5.41) is 9.02. The molecule has 0 N–H and O–H groups in total. The summed E-state index contributed by atoms with van der Waals surface area (Å²) in [6.07, 6.45) is 1.12. The van der Waals surface area contributed by atoms with Crippen LogP contribution in [0.25, 0.3) is 0 Å². The Morgan fingerprint density at radius 2 is 1.77 bits per heavy atom. The Bertz CT molecular complexity index is 1010. The maximum atomic E-state index is 13.3. The summed E-state index contributed by atoms with van der Waals surface area (Å²) in [7, 11) is -3.56. The fourth-order valence-electron chi connectivity index (χ4n) is 3.72. The lowest BCUT2D eigenvalue weighted by Gasteiger charge is -2.33. The minimum atomic E-state index is -3.56. The van der Waals surface area contributed by atoms with Crippen LogP contribution in [-0.4, -0.2) is 44.9 Å². The quantitative estimate of drug-likeness (QED) is 0.626. The second-order valence-electron chi connectivity index (χ2n) is 7.32. The number of benzene rings is 2. The van der Waals surface area contributed by atoms with E-state index in [1.54, 1.807) is 47.4 Å². The van der Waals surface area contributed by atoms with Crippen LogP contribution >= 0.6 is 0 Å². The Balaban J connectivity index is 1.70. The Morgan fingerprint density at radius 3 is 2.35 bits per heavy atom. The van der Waals surface area contributed by atoms with Crippen molar-refractivity contribution in [3.8, 4) is 11.8 Å². The van der Waals surface area contributed by atoms with E-state index in [4.69, 9.17) is 10.00 Å². The third-order valence-corrected chi connectivity index (χ3v) is 7.27. The van der Waals surface area contributed by atoms with Crippen molar-refractivity contribution in [1.82, 2.24) is 4.31 Å². The highest BCUT2D eigenvalue weighted by molar-refractivity contribution is 7.89. The average molecular weight is 442 g/mol. The first-order valence-electron chi connectivity index (χ1n) is 10.4. The van der Waals surface area contributed by atoms with Crippen LogP contribution in [0.15, 0.2) is 59.5 Å². The lowest BCUT2D eigenvalue weighted by Crippen LogP contribution is -2.44. The van der Waals surface area contributed by atoms with Gasteiger partial charge in [-0.05, 0) is 56.2 Å². The molecule has 3 rings (SSSR count). The first-order chi connectivity index (χ1) is 15.0. The van der Waals surface area contributed by atoms with Crippen molar-refractivity contribution in [1.29, 1.82) is 5.26 Å². The predicted molar refractivity (Wildman–Crippen MR) is 118 cm³/mol. The van der Waals surface area contributed by atoms with Gasteiger partial charge in [0.05, 0.1) is 24.0 Å². The van der Waals surface area contributed by atoms with Gasteiger partial charge >= 0.3 is 0 Å². The van der Waals surface area contributed by atoms with Crippen LogP contribution < -0.4 is 9.64 Å². The molecule has 164 valence electrons. The molecule has 31 heavy (non-hydrogen) atoms. The van der Waals surface area contributed by atoms with Crippen molar-refractivity contribution in [2.24, 2.45) is 5.92 Å². The van der Waals surface area contributed by atoms with Gasteiger partial charge < -0.3 is 9.64 Å². The zero-order valence-corrected chi connectivity index (χ0v) is 18.4. The van der Waals surface area contributed by atoms with Crippen LogP contribution in [0.5, 0.6) is 5.75 Å². The molecule has 1 fully saturated rings. The molecule has 1 aliphatic heterocycles. The predicted octanol–water partition coefficient (Wildman–Crippen LogP) is 3.43. The van der Waals surface area contributed by atoms with Gasteiger partial charge in [0, 0.05) is 31.2 Å². The second kappa shape index (κ2) is 10.4. The number of nitriles is 1. The lowest BCUT2D eigenvalue weighted by atomic mass is 9.96. The van der Waals surface area contributed by atoms with Crippen molar-refractivity contribution >= 4 is 21.6 Å². The summed E-state index contributed by atoms with van der Waals surface area (Å²) in [4.78, 5) is 15.2. The molecule has 0 spiro atoms. The molecule has 1 amide bonds. The number of hydrogen-bond donors (Lipinski definition) is 0. The van der Waals surface area contributed by atoms with Crippen LogP contribution in [0, 0.1) is 17.2 Å². The Labute approximate surface area is 183 Å². The molecule has 7 nitrogen and oxygen atoms in total. The number of rotatable bonds is 8. The van der Waals surface area contributed by atoms with Gasteiger partial charge in [-0.3, -0.25) is 4.79 Å². The number of carbonyl (C=O) groups is 1. The molecule has 1 saturated heterocycles. The molecule has 1 heterocycles. The smallest absolute Gasteiger partial charge is 0.243 e. The minimum absolute atomic E-state index is 0.0730. The fourth-order valence-corrected chi connectivity index (χ4v) is 5.21. The van der Waals surface area contributed by atoms with E-state index in [2.05, 4.69) is 6.07 Å². The summed E-state index contributed by atoms with van der Waals surface area (Å²) in [5.74, 6) is 0.363. The molecule has 0 unspecified atom stereocenters. The van der Waals surface area contributed by atoms with Gasteiger partial charge in [0.25, 0.3) is 0 Å². The highest BCUT2D eigenvalue weighted by atomic mass is 32.2. The number of amides is 1. The van der Waals surface area contributed by atoms with Crippen LogP contribution in [0.4, 0.5) is 5.69 Å². The largest absolute Gasteiger partial charge is 0.494 e. The number of anilines is 1. The van der Waals surface area contributed by atoms with E-state index in [-0.39, 0.29) is 23.1 Å². The Hall–Kier alpha value is -2.89. The van der Waals surface area contributed by atoms with Gasteiger partial charge in [-0.15, -0.1) is 0 Å². The van der Waals surface area contributed by atoms with E-state index in [1.807, 2.05) is 19.1 Å². The number of ether oxygens (including phenoxy) is 1. The Kier molecular flexibility index (Phi) is 7.66. The van der Waals surface area contributed by atoms with E-state index in [9.17, 15) is 13.2 Å². The van der Waals surface area contributed by atoms with Gasteiger partial charge in [-0.1, -0.05) is 18.2 Å². The van der Waals surface area contributed by atoms with E-state index in [1.165, 1.54) is 4.31 Å². The third-order valence-electron chi connectivity index (χ3n) is 5.36. The summed E-state index contributed by atoms with van der Waals surface area (Å²) < 4.78 is 32.6. The zero-order chi connectivity index (χ0) is 22.3. The molecular formula is C23H27N3O4S. The molecule has 0 saturated carbocycles. The topological polar surface area (TPSA) is 90.7 Å². The molecule has 2 aromatic rings. The SMILES string of the molecule is CCOc1ccc(N(CCC#N)C(=O)C2CCN(S(=O)(=O)c3ccccc3)CC2)cc1. The zero-order valence-electron chi connectivity index (χ0n) is 17.6. The van der Waals surface area contributed by atoms with Crippen molar-refractivity contribution < 1.29 is 17.9 Å². The van der Waals surface area contributed by atoms with Crippen LogP contribution in [0.1, 0.15) is 26.2 Å². The highest BCUT2D eigenvalue weighted by Gasteiger charge is 2.34. The van der Waals surface area contributed by atoms with Gasteiger partial charge in [0.1, 0.15) is 5.75 Å². The summed E-state index contributed by atoms with van der Waals surface area (Å²) in [6.45, 7) is 3.35. The molecule has 0 radical (unpaired) electrons. The van der Waals surface area contributed by atoms with E-state index in [0.29, 0.717) is 44.8 Å². The van der Waals surface area contributed by atoms with Gasteiger partial charge in [0.2, 0.25) is 15.9 Å². The minimum Gasteiger partial charge on any atom is -0.494 e. The van der Waals surface area contributed by atoms with Crippen molar-refractivity contribution in [3.63, 3.8) is 0 Å². The van der Waals surface area contributed by atoms with Crippen molar-refractivity contribution in [3.05, 3.63) is 54.6 Å². The molecule has 0 atom stereocenters. The van der Waals surface area contributed by atoms with Crippen LogP contribution in [0.2, 0.25) is 0 Å². The standard InChI is InChI=1S/C23H27N3O4S/c1-2-30-21-11-9-20(10-12-21)26(16-6-15-24)23(27)19-13-17-25(18-14-19)31(28,29)22-7-4-3-5-8-22/h3-5,7-12,19H,2,6,13-14,16-18H2,1H3. The van der Waals surface area contributed by atoms with Crippen molar-refractivity contribution in [2.45, 2.75) is 31.1 Å². The summed E-state index contributed by atoms with van der Waals surface area (Å²) in [6, 6.07) is 17.7. The van der Waals surface area contributed by atoms with Gasteiger partial charge in [-0.25, -0.2) is 8.42 Å². The Morgan fingerprint density at radius 1 is 1.13 bits per heavy atom. The number of sulfonamides is 1. The molecular weight excluding hydrogens is 414 g/mol. The normalized spacial score (nSPS) is 15.2. The molecule has 1 aliphatic rings. The maximum absolute atomic E-state index is 13.3. The second-order valence-corrected chi connectivity index (χ2v) is 9.25. The summed E-state index contributed by atoms with van der Waals surface area (Å²) in [5.41, 5.74) is 0.711. The molecule has 0 aromatic heterocycles. The number of nitrogens with zero attached hydrogens (tertiary/aromatic N) is 3. The van der Waals surface area contributed by atoms with Crippen LogP contribution in [0.3, 0.4) is 0 Å². The maximum Gasteiger partial charge on any atom is 0.243 e. The lowest BCUT2D eigenvalue weighted by molar-refractivity contribution is -0.123. The number of hydrogen-bond acceptors (Lipinski definition) is 5. The number of piperidine rings is 1. The average Bonchev–Trinajstić information content (AvgIpc) is 2.81. The van der Waals surface area contributed by atoms with E-state index in [0.717, 1.165) is 5.75 Å². The van der Waals surface area contributed by atoms with Gasteiger partial charge in [-0.2, -0.15) is 9.57 Å². The molecule has 2 aromatic carbocycles.